The van der Waals surface area contributed by atoms with E-state index in [0.717, 1.165) is 24.9 Å². The molecule has 0 aliphatic heterocycles. The van der Waals surface area contributed by atoms with Gasteiger partial charge in [0, 0.05) is 12.1 Å². The normalized spacial score (nSPS) is 17.4. The van der Waals surface area contributed by atoms with Crippen molar-refractivity contribution < 1.29 is 12.8 Å². The maximum atomic E-state index is 13.9. The molecular formula is C13H19FN2O2S. The predicted octanol–water partition coefficient (Wildman–Crippen LogP) is 1.77. The average Bonchev–Trinajstić information content (AvgIpc) is 3.02. The standard InChI is InChI=1S/C13H19FN2O2S/c1-3-15-9-10-4-5-12(11(14)8-10)19(17,18)16-13(2)6-7-13/h4-5,8,15-16H,3,6-7,9H2,1-2H3. The van der Waals surface area contributed by atoms with Crippen molar-refractivity contribution in [3.8, 4) is 0 Å². The Hall–Kier alpha value is -0.980. The van der Waals surface area contributed by atoms with E-state index >= 15 is 0 Å². The third kappa shape index (κ3) is 3.52. The van der Waals surface area contributed by atoms with E-state index in [1.165, 1.54) is 12.1 Å². The summed E-state index contributed by atoms with van der Waals surface area (Å²) in [6.45, 7) is 5.08. The van der Waals surface area contributed by atoms with Crippen molar-refractivity contribution in [2.75, 3.05) is 6.54 Å². The third-order valence-corrected chi connectivity index (χ3v) is 4.92. The lowest BCUT2D eigenvalue weighted by Crippen LogP contribution is -2.34. The van der Waals surface area contributed by atoms with Crippen molar-refractivity contribution in [1.29, 1.82) is 0 Å². The van der Waals surface area contributed by atoms with E-state index in [4.69, 9.17) is 0 Å². The summed E-state index contributed by atoms with van der Waals surface area (Å²) in [7, 11) is -3.77. The highest BCUT2D eigenvalue weighted by Crippen LogP contribution is 2.36. The summed E-state index contributed by atoms with van der Waals surface area (Å²) in [5.41, 5.74) is 0.337. The topological polar surface area (TPSA) is 58.2 Å². The summed E-state index contributed by atoms with van der Waals surface area (Å²) in [5, 5.41) is 3.07. The second-order valence-corrected chi connectivity index (χ2v) is 6.86. The van der Waals surface area contributed by atoms with Gasteiger partial charge in [-0.3, -0.25) is 0 Å². The van der Waals surface area contributed by atoms with E-state index in [9.17, 15) is 12.8 Å². The number of hydrogen-bond donors (Lipinski definition) is 2. The maximum absolute atomic E-state index is 13.9. The molecule has 106 valence electrons. The number of nitrogens with one attached hydrogen (secondary N) is 2. The van der Waals surface area contributed by atoms with E-state index in [1.54, 1.807) is 6.07 Å². The first-order chi connectivity index (χ1) is 8.86. The zero-order valence-corrected chi connectivity index (χ0v) is 12.0. The number of rotatable bonds is 6. The van der Waals surface area contributed by atoms with Gasteiger partial charge in [0.15, 0.2) is 0 Å². The van der Waals surface area contributed by atoms with E-state index in [0.29, 0.717) is 6.54 Å². The molecular weight excluding hydrogens is 267 g/mol. The van der Waals surface area contributed by atoms with Crippen molar-refractivity contribution >= 4 is 10.0 Å². The fourth-order valence-electron chi connectivity index (χ4n) is 1.81. The molecule has 19 heavy (non-hydrogen) atoms. The molecule has 1 fully saturated rings. The molecule has 0 bridgehead atoms. The Morgan fingerprint density at radius 2 is 2.05 bits per heavy atom. The summed E-state index contributed by atoms with van der Waals surface area (Å²) in [6.07, 6.45) is 1.60. The number of benzene rings is 1. The summed E-state index contributed by atoms with van der Waals surface area (Å²) >= 11 is 0. The maximum Gasteiger partial charge on any atom is 0.243 e. The molecule has 0 atom stereocenters. The van der Waals surface area contributed by atoms with Crippen LogP contribution in [0, 0.1) is 5.82 Å². The van der Waals surface area contributed by atoms with Crippen LogP contribution in [0.1, 0.15) is 32.3 Å². The molecule has 0 spiro atoms. The van der Waals surface area contributed by atoms with Crippen LogP contribution in [-0.2, 0) is 16.6 Å². The van der Waals surface area contributed by atoms with E-state index < -0.39 is 21.4 Å². The number of hydrogen-bond acceptors (Lipinski definition) is 3. The van der Waals surface area contributed by atoms with Gasteiger partial charge in [0.05, 0.1) is 0 Å². The van der Waals surface area contributed by atoms with Crippen molar-refractivity contribution in [1.82, 2.24) is 10.0 Å². The van der Waals surface area contributed by atoms with Crippen LogP contribution in [0.3, 0.4) is 0 Å². The fraction of sp³-hybridized carbons (Fsp3) is 0.538. The first-order valence-corrected chi connectivity index (χ1v) is 7.88. The minimum Gasteiger partial charge on any atom is -0.313 e. The van der Waals surface area contributed by atoms with Gasteiger partial charge in [-0.1, -0.05) is 13.0 Å². The first-order valence-electron chi connectivity index (χ1n) is 6.39. The van der Waals surface area contributed by atoms with Gasteiger partial charge in [-0.2, -0.15) is 0 Å². The zero-order valence-electron chi connectivity index (χ0n) is 11.2. The van der Waals surface area contributed by atoms with Crippen molar-refractivity contribution in [3.05, 3.63) is 29.6 Å². The lowest BCUT2D eigenvalue weighted by Gasteiger charge is -2.13. The highest BCUT2D eigenvalue weighted by Gasteiger charge is 2.41. The van der Waals surface area contributed by atoms with Crippen LogP contribution in [0.4, 0.5) is 4.39 Å². The molecule has 0 saturated heterocycles. The Morgan fingerprint density at radius 3 is 2.58 bits per heavy atom. The summed E-state index contributed by atoms with van der Waals surface area (Å²) in [5.74, 6) is -0.702. The largest absolute Gasteiger partial charge is 0.313 e. The average molecular weight is 286 g/mol. The molecule has 0 radical (unpaired) electrons. The van der Waals surface area contributed by atoms with E-state index in [1.807, 2.05) is 13.8 Å². The fourth-order valence-corrected chi connectivity index (χ4v) is 3.34. The zero-order chi connectivity index (χ0) is 14.1. The van der Waals surface area contributed by atoms with Gasteiger partial charge in [-0.15, -0.1) is 0 Å². The number of halogens is 1. The van der Waals surface area contributed by atoms with Gasteiger partial charge < -0.3 is 5.32 Å². The molecule has 2 N–H and O–H groups in total. The van der Waals surface area contributed by atoms with Crippen molar-refractivity contribution in [2.45, 2.75) is 43.7 Å². The Kier molecular flexibility index (Phi) is 3.94. The van der Waals surface area contributed by atoms with Crippen LogP contribution in [0.15, 0.2) is 23.1 Å². The van der Waals surface area contributed by atoms with Crippen LogP contribution >= 0.6 is 0 Å². The molecule has 1 aromatic carbocycles. The van der Waals surface area contributed by atoms with Gasteiger partial charge in [0.1, 0.15) is 10.7 Å². The highest BCUT2D eigenvalue weighted by molar-refractivity contribution is 7.89. The Labute approximate surface area is 113 Å². The molecule has 0 heterocycles. The molecule has 0 aromatic heterocycles. The predicted molar refractivity (Wildman–Crippen MR) is 71.7 cm³/mol. The molecule has 2 rings (SSSR count). The second-order valence-electron chi connectivity index (χ2n) is 5.21. The minimum atomic E-state index is -3.77. The molecule has 6 heteroatoms. The number of sulfonamides is 1. The van der Waals surface area contributed by atoms with Crippen LogP contribution in [0.25, 0.3) is 0 Å². The molecule has 0 unspecified atom stereocenters. The summed E-state index contributed by atoms with van der Waals surface area (Å²) in [6, 6.07) is 4.23. The molecule has 1 saturated carbocycles. The van der Waals surface area contributed by atoms with Crippen molar-refractivity contribution in [2.24, 2.45) is 0 Å². The van der Waals surface area contributed by atoms with Crippen molar-refractivity contribution in [3.63, 3.8) is 0 Å². The molecule has 1 aliphatic carbocycles. The van der Waals surface area contributed by atoms with E-state index in [2.05, 4.69) is 10.0 Å². The van der Waals surface area contributed by atoms with E-state index in [-0.39, 0.29) is 4.90 Å². The third-order valence-electron chi connectivity index (χ3n) is 3.25. The molecule has 0 amide bonds. The summed E-state index contributed by atoms with van der Waals surface area (Å²) < 4.78 is 40.6. The van der Waals surface area contributed by atoms with Crippen LogP contribution < -0.4 is 10.0 Å². The first kappa shape index (κ1) is 14.4. The Balaban J connectivity index is 2.20. The second kappa shape index (κ2) is 5.19. The van der Waals surface area contributed by atoms with Crippen LogP contribution in [-0.4, -0.2) is 20.5 Å². The van der Waals surface area contributed by atoms with Gasteiger partial charge in [-0.05, 0) is 44.0 Å². The Bertz CT molecular complexity index is 568. The summed E-state index contributed by atoms with van der Waals surface area (Å²) in [4.78, 5) is -0.277. The lowest BCUT2D eigenvalue weighted by atomic mass is 10.2. The quantitative estimate of drug-likeness (QED) is 0.838. The molecule has 1 aliphatic rings. The van der Waals surface area contributed by atoms with Gasteiger partial charge in [-0.25, -0.2) is 17.5 Å². The lowest BCUT2D eigenvalue weighted by molar-refractivity contribution is 0.539. The van der Waals surface area contributed by atoms with Gasteiger partial charge >= 0.3 is 0 Å². The minimum absolute atomic E-state index is 0.277. The van der Waals surface area contributed by atoms with Gasteiger partial charge in [0.2, 0.25) is 10.0 Å². The van der Waals surface area contributed by atoms with Crippen LogP contribution in [0.2, 0.25) is 0 Å². The monoisotopic (exact) mass is 286 g/mol. The highest BCUT2D eigenvalue weighted by atomic mass is 32.2. The van der Waals surface area contributed by atoms with Crippen LogP contribution in [0.5, 0.6) is 0 Å². The Morgan fingerprint density at radius 1 is 1.37 bits per heavy atom. The molecule has 4 nitrogen and oxygen atoms in total. The SMILES string of the molecule is CCNCc1ccc(S(=O)(=O)NC2(C)CC2)c(F)c1. The smallest absolute Gasteiger partial charge is 0.243 e. The molecule has 1 aromatic rings. The van der Waals surface area contributed by atoms with Gasteiger partial charge in [0.25, 0.3) is 0 Å².